The topological polar surface area (TPSA) is 53.5 Å². The molecule has 4 rings (SSSR count). The lowest BCUT2D eigenvalue weighted by molar-refractivity contribution is -0.121. The number of carbonyl (C=O) groups is 1. The number of fused-ring (bicyclic) bond motifs is 1. The Balaban J connectivity index is 1.91. The molecule has 1 saturated heterocycles. The van der Waals surface area contributed by atoms with Crippen molar-refractivity contribution >= 4 is 28.9 Å². The molecule has 2 aliphatic heterocycles. The minimum atomic E-state index is -0.727. The Kier molecular flexibility index (Phi) is 4.55. The van der Waals surface area contributed by atoms with E-state index in [4.69, 9.17) is 16.6 Å². The average Bonchev–Trinajstić information content (AvgIpc) is 2.78. The molecule has 0 unspecified atom stereocenters. The highest BCUT2D eigenvalue weighted by Gasteiger charge is 2.42. The number of nitrogens with one attached hydrogen (secondary N) is 2. The fourth-order valence-corrected chi connectivity index (χ4v) is 3.85. The van der Waals surface area contributed by atoms with E-state index in [9.17, 15) is 4.79 Å². The van der Waals surface area contributed by atoms with Gasteiger partial charge >= 0.3 is 0 Å². The van der Waals surface area contributed by atoms with Gasteiger partial charge in [0.25, 0.3) is 5.91 Å². The second-order valence-electron chi connectivity index (χ2n) is 6.94. The standard InChI is InChI=1S/C21H22ClN3O/c1-2-14-3-5-15(6-4-14)19-17-13-16(22)7-8-18(17)24-20(26)21(25-19)9-11-23-12-10-21/h3-8,13,23H,2,9-12H2,1H3,(H,24,26). The lowest BCUT2D eigenvalue weighted by Crippen LogP contribution is -2.49. The molecule has 0 aromatic heterocycles. The summed E-state index contributed by atoms with van der Waals surface area (Å²) in [6, 6.07) is 14.0. The van der Waals surface area contributed by atoms with Crippen LogP contribution < -0.4 is 10.6 Å². The number of hydrogen-bond acceptors (Lipinski definition) is 3. The lowest BCUT2D eigenvalue weighted by Gasteiger charge is -2.32. The van der Waals surface area contributed by atoms with Crippen LogP contribution in [0.5, 0.6) is 0 Å². The Hall–Kier alpha value is -2.17. The number of hydrogen-bond donors (Lipinski definition) is 2. The minimum Gasteiger partial charge on any atom is -0.323 e. The summed E-state index contributed by atoms with van der Waals surface area (Å²) < 4.78 is 0. The molecule has 0 atom stereocenters. The summed E-state index contributed by atoms with van der Waals surface area (Å²) >= 11 is 6.27. The SMILES string of the molecule is CCc1ccc(C2=NC3(CCNCC3)C(=O)Nc3ccc(Cl)cc32)cc1. The minimum absolute atomic E-state index is 0.0252. The molecule has 1 fully saturated rings. The Morgan fingerprint density at radius 3 is 2.54 bits per heavy atom. The number of piperidine rings is 1. The summed E-state index contributed by atoms with van der Waals surface area (Å²) in [4.78, 5) is 18.1. The second kappa shape index (κ2) is 6.86. The zero-order chi connectivity index (χ0) is 18.1. The van der Waals surface area contributed by atoms with E-state index in [1.54, 1.807) is 6.07 Å². The molecule has 2 aromatic rings. The highest BCUT2D eigenvalue weighted by atomic mass is 35.5. The molecule has 2 aromatic carbocycles. The molecule has 134 valence electrons. The molecule has 1 amide bonds. The summed E-state index contributed by atoms with van der Waals surface area (Å²) in [6.07, 6.45) is 2.37. The zero-order valence-electron chi connectivity index (χ0n) is 14.8. The van der Waals surface area contributed by atoms with Gasteiger partial charge in [0.2, 0.25) is 0 Å². The Bertz CT molecular complexity index is 867. The van der Waals surface area contributed by atoms with Crippen LogP contribution in [-0.2, 0) is 11.2 Å². The van der Waals surface area contributed by atoms with Crippen molar-refractivity contribution in [1.29, 1.82) is 0 Å². The zero-order valence-corrected chi connectivity index (χ0v) is 15.6. The molecule has 0 radical (unpaired) electrons. The summed E-state index contributed by atoms with van der Waals surface area (Å²) in [5, 5.41) is 7.06. The predicted octanol–water partition coefficient (Wildman–Crippen LogP) is 3.81. The van der Waals surface area contributed by atoms with Crippen LogP contribution in [0, 0.1) is 0 Å². The number of nitrogens with zero attached hydrogens (tertiary/aromatic N) is 1. The van der Waals surface area contributed by atoms with Gasteiger partial charge in [0.1, 0.15) is 5.54 Å². The second-order valence-corrected chi connectivity index (χ2v) is 7.37. The fourth-order valence-electron chi connectivity index (χ4n) is 3.68. The molecule has 2 heterocycles. The summed E-state index contributed by atoms with van der Waals surface area (Å²) in [5.41, 5.74) is 4.06. The van der Waals surface area contributed by atoms with E-state index >= 15 is 0 Å². The number of carbonyl (C=O) groups excluding carboxylic acids is 1. The van der Waals surface area contributed by atoms with Gasteiger partial charge in [0, 0.05) is 16.1 Å². The van der Waals surface area contributed by atoms with Crippen molar-refractivity contribution in [3.05, 3.63) is 64.2 Å². The first-order chi connectivity index (χ1) is 12.6. The van der Waals surface area contributed by atoms with Gasteiger partial charge in [-0.25, -0.2) is 0 Å². The molecule has 0 aliphatic carbocycles. The monoisotopic (exact) mass is 367 g/mol. The van der Waals surface area contributed by atoms with Gasteiger partial charge in [0.15, 0.2) is 0 Å². The molecule has 2 N–H and O–H groups in total. The first-order valence-electron chi connectivity index (χ1n) is 9.12. The van der Waals surface area contributed by atoms with Crippen LogP contribution >= 0.6 is 11.6 Å². The molecule has 1 spiro atoms. The first kappa shape index (κ1) is 17.3. The summed E-state index contributed by atoms with van der Waals surface area (Å²) in [6.45, 7) is 3.71. The van der Waals surface area contributed by atoms with Crippen LogP contribution in [0.2, 0.25) is 5.02 Å². The number of halogens is 1. The number of rotatable bonds is 2. The van der Waals surface area contributed by atoms with Crippen LogP contribution in [0.4, 0.5) is 5.69 Å². The molecule has 2 aliphatic rings. The van der Waals surface area contributed by atoms with E-state index in [0.29, 0.717) is 17.9 Å². The lowest BCUT2D eigenvalue weighted by atomic mass is 9.87. The Labute approximate surface area is 158 Å². The number of benzene rings is 2. The highest BCUT2D eigenvalue weighted by molar-refractivity contribution is 6.32. The maximum absolute atomic E-state index is 13.0. The van der Waals surface area contributed by atoms with Crippen molar-refractivity contribution in [2.24, 2.45) is 4.99 Å². The van der Waals surface area contributed by atoms with Crippen molar-refractivity contribution in [2.45, 2.75) is 31.7 Å². The van der Waals surface area contributed by atoms with E-state index in [1.165, 1.54) is 5.56 Å². The maximum Gasteiger partial charge on any atom is 0.252 e. The van der Waals surface area contributed by atoms with Crippen LogP contribution in [0.15, 0.2) is 47.5 Å². The molecule has 0 saturated carbocycles. The van der Waals surface area contributed by atoms with Gasteiger partial charge in [-0.3, -0.25) is 9.79 Å². The van der Waals surface area contributed by atoms with Gasteiger partial charge in [-0.1, -0.05) is 42.8 Å². The quantitative estimate of drug-likeness (QED) is 0.847. The van der Waals surface area contributed by atoms with Crippen LogP contribution in [0.1, 0.15) is 36.5 Å². The molecule has 4 nitrogen and oxygen atoms in total. The number of aryl methyl sites for hydroxylation is 1. The van der Waals surface area contributed by atoms with Gasteiger partial charge < -0.3 is 10.6 Å². The van der Waals surface area contributed by atoms with Gasteiger partial charge in [-0.15, -0.1) is 0 Å². The maximum atomic E-state index is 13.0. The van der Waals surface area contributed by atoms with Crippen molar-refractivity contribution in [1.82, 2.24) is 5.32 Å². The molecule has 5 heteroatoms. The van der Waals surface area contributed by atoms with Crippen molar-refractivity contribution in [3.8, 4) is 0 Å². The Morgan fingerprint density at radius 2 is 1.85 bits per heavy atom. The normalized spacial score (nSPS) is 18.7. The molecular weight excluding hydrogens is 346 g/mol. The highest BCUT2D eigenvalue weighted by Crippen LogP contribution is 2.34. The van der Waals surface area contributed by atoms with Crippen LogP contribution in [0.3, 0.4) is 0 Å². The third kappa shape index (κ3) is 3.04. The van der Waals surface area contributed by atoms with Gasteiger partial charge in [-0.05, 0) is 56.1 Å². The van der Waals surface area contributed by atoms with E-state index in [1.807, 2.05) is 12.1 Å². The predicted molar refractivity (Wildman–Crippen MR) is 106 cm³/mol. The first-order valence-corrected chi connectivity index (χ1v) is 9.50. The smallest absolute Gasteiger partial charge is 0.252 e. The number of anilines is 1. The summed E-state index contributed by atoms with van der Waals surface area (Å²) in [7, 11) is 0. The van der Waals surface area contributed by atoms with Crippen molar-refractivity contribution in [3.63, 3.8) is 0 Å². The van der Waals surface area contributed by atoms with Gasteiger partial charge in [-0.2, -0.15) is 0 Å². The molecular formula is C21H22ClN3O. The fraction of sp³-hybridized carbons (Fsp3) is 0.333. The molecule has 0 bridgehead atoms. The van der Waals surface area contributed by atoms with E-state index in [2.05, 4.69) is 41.8 Å². The van der Waals surface area contributed by atoms with Crippen molar-refractivity contribution < 1.29 is 4.79 Å². The number of amides is 1. The average molecular weight is 368 g/mol. The van der Waals surface area contributed by atoms with Crippen molar-refractivity contribution in [2.75, 3.05) is 18.4 Å². The number of aliphatic imine (C=N–C) groups is 1. The summed E-state index contributed by atoms with van der Waals surface area (Å²) in [5.74, 6) is -0.0252. The third-order valence-electron chi connectivity index (χ3n) is 5.30. The van der Waals surface area contributed by atoms with E-state index < -0.39 is 5.54 Å². The van der Waals surface area contributed by atoms with E-state index in [-0.39, 0.29) is 5.91 Å². The van der Waals surface area contributed by atoms with E-state index in [0.717, 1.165) is 42.0 Å². The largest absolute Gasteiger partial charge is 0.323 e. The van der Waals surface area contributed by atoms with Crippen LogP contribution in [-0.4, -0.2) is 30.2 Å². The Morgan fingerprint density at radius 1 is 1.12 bits per heavy atom. The van der Waals surface area contributed by atoms with Crippen LogP contribution in [0.25, 0.3) is 0 Å². The molecule has 26 heavy (non-hydrogen) atoms. The third-order valence-corrected chi connectivity index (χ3v) is 5.53. The van der Waals surface area contributed by atoms with Gasteiger partial charge in [0.05, 0.1) is 11.4 Å².